The molecule has 0 spiro atoms. The van der Waals surface area contributed by atoms with E-state index in [4.69, 9.17) is 27.9 Å². The van der Waals surface area contributed by atoms with Gasteiger partial charge in [0, 0.05) is 12.1 Å². The van der Waals surface area contributed by atoms with Crippen LogP contribution in [0.2, 0.25) is 10.0 Å². The highest BCUT2D eigenvalue weighted by molar-refractivity contribution is 7.99. The molecule has 6 nitrogen and oxygen atoms in total. The van der Waals surface area contributed by atoms with Gasteiger partial charge in [0.15, 0.2) is 11.0 Å². The lowest BCUT2D eigenvalue weighted by molar-refractivity contribution is -0.113. The van der Waals surface area contributed by atoms with Gasteiger partial charge in [0.2, 0.25) is 5.91 Å². The average Bonchev–Trinajstić information content (AvgIpc) is 3.02. The van der Waals surface area contributed by atoms with E-state index in [1.165, 1.54) is 17.8 Å². The van der Waals surface area contributed by atoms with Crippen LogP contribution in [0.1, 0.15) is 11.4 Å². The van der Waals surface area contributed by atoms with E-state index in [2.05, 4.69) is 15.5 Å². The number of amides is 1. The lowest BCUT2D eigenvalue weighted by Crippen LogP contribution is -2.15. The first-order valence-corrected chi connectivity index (χ1v) is 10.2. The first-order valence-electron chi connectivity index (χ1n) is 8.48. The summed E-state index contributed by atoms with van der Waals surface area (Å²) in [5.74, 6) is 0.279. The second-order valence-electron chi connectivity index (χ2n) is 6.14. The predicted octanol–water partition coefficient (Wildman–Crippen LogP) is 4.88. The van der Waals surface area contributed by atoms with Crippen molar-refractivity contribution in [2.75, 3.05) is 11.1 Å². The van der Waals surface area contributed by atoms with Gasteiger partial charge >= 0.3 is 0 Å². The number of carbonyl (C=O) groups excluding carboxylic acids is 1. The van der Waals surface area contributed by atoms with Gasteiger partial charge in [0.05, 0.1) is 16.5 Å². The maximum atomic E-state index is 13.8. The van der Waals surface area contributed by atoms with Crippen LogP contribution in [0.5, 0.6) is 5.75 Å². The van der Waals surface area contributed by atoms with Crippen LogP contribution in [-0.2, 0) is 18.4 Å². The van der Waals surface area contributed by atoms with Gasteiger partial charge in [-0.15, -0.1) is 10.2 Å². The van der Waals surface area contributed by atoms with Crippen LogP contribution >= 0.6 is 35.0 Å². The largest absolute Gasteiger partial charge is 0.484 e. The van der Waals surface area contributed by atoms with E-state index in [1.807, 2.05) is 6.92 Å². The number of anilines is 1. The van der Waals surface area contributed by atoms with Crippen molar-refractivity contribution in [3.63, 3.8) is 0 Å². The SMILES string of the molecule is Cc1ccc(F)c(NC(=O)CSc2nnc(COc3ccc(Cl)cc3Cl)n2C)c1. The molecule has 3 rings (SSSR count). The maximum absolute atomic E-state index is 13.8. The van der Waals surface area contributed by atoms with Gasteiger partial charge in [-0.1, -0.05) is 41.0 Å². The van der Waals surface area contributed by atoms with Crippen LogP contribution in [-0.4, -0.2) is 26.4 Å². The van der Waals surface area contributed by atoms with Gasteiger partial charge < -0.3 is 14.6 Å². The van der Waals surface area contributed by atoms with Crippen molar-refractivity contribution < 1.29 is 13.9 Å². The molecule has 1 aromatic heterocycles. The molecule has 0 aliphatic rings. The Kier molecular flexibility index (Phi) is 7.00. The lowest BCUT2D eigenvalue weighted by atomic mass is 10.2. The minimum atomic E-state index is -0.479. The van der Waals surface area contributed by atoms with E-state index in [1.54, 1.807) is 41.9 Å². The molecule has 29 heavy (non-hydrogen) atoms. The summed E-state index contributed by atoms with van der Waals surface area (Å²) in [4.78, 5) is 12.1. The van der Waals surface area contributed by atoms with E-state index < -0.39 is 5.82 Å². The fourth-order valence-corrected chi connectivity index (χ4v) is 3.58. The Morgan fingerprint density at radius 3 is 2.79 bits per heavy atom. The molecule has 1 amide bonds. The number of nitrogens with zero attached hydrogens (tertiary/aromatic N) is 3. The molecule has 3 aromatic rings. The number of rotatable bonds is 7. The van der Waals surface area contributed by atoms with Crippen LogP contribution in [0, 0.1) is 12.7 Å². The number of ether oxygens (including phenoxy) is 1. The zero-order valence-electron chi connectivity index (χ0n) is 15.6. The zero-order valence-corrected chi connectivity index (χ0v) is 17.9. The molecule has 1 N–H and O–H groups in total. The topological polar surface area (TPSA) is 69.0 Å². The average molecular weight is 455 g/mol. The molecule has 2 aromatic carbocycles. The third kappa shape index (κ3) is 5.62. The smallest absolute Gasteiger partial charge is 0.234 e. The molecule has 10 heteroatoms. The Labute approximate surface area is 181 Å². The Hall–Kier alpha value is -2.29. The highest BCUT2D eigenvalue weighted by Crippen LogP contribution is 2.28. The maximum Gasteiger partial charge on any atom is 0.234 e. The number of carbonyl (C=O) groups is 1. The van der Waals surface area contributed by atoms with Crippen molar-refractivity contribution in [3.8, 4) is 5.75 Å². The number of halogens is 3. The van der Waals surface area contributed by atoms with Crippen LogP contribution in [0.15, 0.2) is 41.6 Å². The van der Waals surface area contributed by atoms with Crippen molar-refractivity contribution in [2.24, 2.45) is 7.05 Å². The van der Waals surface area contributed by atoms with E-state index in [0.717, 1.165) is 5.56 Å². The van der Waals surface area contributed by atoms with Crippen LogP contribution in [0.25, 0.3) is 0 Å². The van der Waals surface area contributed by atoms with E-state index in [0.29, 0.717) is 26.8 Å². The van der Waals surface area contributed by atoms with Gasteiger partial charge in [0.1, 0.15) is 18.2 Å². The third-order valence-electron chi connectivity index (χ3n) is 3.90. The molecule has 0 bridgehead atoms. The lowest BCUT2D eigenvalue weighted by Gasteiger charge is -2.09. The fraction of sp³-hybridized carbons (Fsp3) is 0.211. The Balaban J connectivity index is 1.56. The minimum Gasteiger partial charge on any atom is -0.484 e. The zero-order chi connectivity index (χ0) is 21.0. The Morgan fingerprint density at radius 1 is 1.24 bits per heavy atom. The molecule has 1 heterocycles. The van der Waals surface area contributed by atoms with Gasteiger partial charge in [-0.3, -0.25) is 4.79 Å². The van der Waals surface area contributed by atoms with Crippen molar-refractivity contribution in [1.82, 2.24) is 14.8 Å². The summed E-state index contributed by atoms with van der Waals surface area (Å²) in [5.41, 5.74) is 1.01. The van der Waals surface area contributed by atoms with Gasteiger partial charge in [-0.05, 0) is 42.8 Å². The number of thioether (sulfide) groups is 1. The Morgan fingerprint density at radius 2 is 2.03 bits per heavy atom. The number of benzene rings is 2. The summed E-state index contributed by atoms with van der Waals surface area (Å²) in [6.45, 7) is 1.97. The summed E-state index contributed by atoms with van der Waals surface area (Å²) in [6, 6.07) is 9.48. The highest BCUT2D eigenvalue weighted by Gasteiger charge is 2.14. The van der Waals surface area contributed by atoms with Gasteiger partial charge in [0.25, 0.3) is 0 Å². The standard InChI is InChI=1S/C19H17Cl2FN4O2S/c1-11-3-5-14(22)15(7-11)23-18(27)10-29-19-25-24-17(26(19)2)9-28-16-6-4-12(20)8-13(16)21/h3-8H,9-10H2,1-2H3,(H,23,27). The molecule has 0 saturated heterocycles. The van der Waals surface area contributed by atoms with Crippen molar-refractivity contribution >= 4 is 46.6 Å². The van der Waals surface area contributed by atoms with E-state index >= 15 is 0 Å². The normalized spacial score (nSPS) is 10.8. The van der Waals surface area contributed by atoms with Crippen molar-refractivity contribution in [3.05, 3.63) is 63.6 Å². The number of hydrogen-bond donors (Lipinski definition) is 1. The summed E-state index contributed by atoms with van der Waals surface area (Å²) in [7, 11) is 1.77. The van der Waals surface area contributed by atoms with Crippen LogP contribution < -0.4 is 10.1 Å². The number of nitrogens with one attached hydrogen (secondary N) is 1. The first-order chi connectivity index (χ1) is 13.8. The molecule has 0 atom stereocenters. The summed E-state index contributed by atoms with van der Waals surface area (Å²) < 4.78 is 21.1. The third-order valence-corrected chi connectivity index (χ3v) is 5.45. The quantitative estimate of drug-likeness (QED) is 0.515. The molecule has 0 fully saturated rings. The molecule has 0 unspecified atom stereocenters. The van der Waals surface area contributed by atoms with E-state index in [-0.39, 0.29) is 24.0 Å². The summed E-state index contributed by atoms with van der Waals surface area (Å²) >= 11 is 13.1. The number of aromatic nitrogens is 3. The second-order valence-corrected chi connectivity index (χ2v) is 7.93. The highest BCUT2D eigenvalue weighted by atomic mass is 35.5. The van der Waals surface area contributed by atoms with Crippen molar-refractivity contribution in [1.29, 1.82) is 0 Å². The number of hydrogen-bond acceptors (Lipinski definition) is 5. The fourth-order valence-electron chi connectivity index (χ4n) is 2.38. The van der Waals surface area contributed by atoms with Gasteiger partial charge in [-0.2, -0.15) is 0 Å². The first kappa shape index (κ1) is 21.4. The molecule has 152 valence electrons. The number of aryl methyl sites for hydroxylation is 1. The molecule has 0 radical (unpaired) electrons. The predicted molar refractivity (Wildman–Crippen MR) is 112 cm³/mol. The molecular weight excluding hydrogens is 438 g/mol. The monoisotopic (exact) mass is 454 g/mol. The van der Waals surface area contributed by atoms with Crippen LogP contribution in [0.3, 0.4) is 0 Å². The second kappa shape index (κ2) is 9.47. The minimum absolute atomic E-state index is 0.0588. The summed E-state index contributed by atoms with van der Waals surface area (Å²) in [5, 5.41) is 12.1. The van der Waals surface area contributed by atoms with Gasteiger partial charge in [-0.25, -0.2) is 4.39 Å². The van der Waals surface area contributed by atoms with Crippen molar-refractivity contribution in [2.45, 2.75) is 18.7 Å². The molecule has 0 aliphatic heterocycles. The molecule has 0 aliphatic carbocycles. The Bertz CT molecular complexity index is 1050. The molecular formula is C19H17Cl2FN4O2S. The molecule has 0 saturated carbocycles. The van der Waals surface area contributed by atoms with E-state index in [9.17, 15) is 9.18 Å². The summed E-state index contributed by atoms with van der Waals surface area (Å²) in [6.07, 6.45) is 0. The van der Waals surface area contributed by atoms with Crippen LogP contribution in [0.4, 0.5) is 10.1 Å².